The molecule has 3 N–H and O–H groups in total. The van der Waals surface area contributed by atoms with Crippen LogP contribution in [0.25, 0.3) is 11.1 Å². The predicted octanol–water partition coefficient (Wildman–Crippen LogP) is 3.10. The van der Waals surface area contributed by atoms with Crippen molar-refractivity contribution in [3.05, 3.63) is 59.7 Å². The van der Waals surface area contributed by atoms with Crippen LogP contribution in [0.1, 0.15) is 37.8 Å². The third kappa shape index (κ3) is 6.23. The van der Waals surface area contributed by atoms with Gasteiger partial charge in [-0.3, -0.25) is 9.63 Å². The predicted molar refractivity (Wildman–Crippen MR) is 121 cm³/mol. The lowest BCUT2D eigenvalue weighted by atomic mass is 9.98. The lowest BCUT2D eigenvalue weighted by Crippen LogP contribution is -2.53. The molecule has 3 amide bonds. The first-order valence-corrected chi connectivity index (χ1v) is 10.6. The first-order chi connectivity index (χ1) is 15.7. The molecule has 2 aromatic rings. The number of fused-ring (bicyclic) bond motifs is 3. The largest absolute Gasteiger partial charge is 0.449 e. The Morgan fingerprint density at radius 2 is 1.52 bits per heavy atom. The van der Waals surface area contributed by atoms with Gasteiger partial charge >= 0.3 is 12.2 Å². The first kappa shape index (κ1) is 24.1. The summed E-state index contributed by atoms with van der Waals surface area (Å²) in [7, 11) is 1.27. The quantitative estimate of drug-likeness (QED) is 0.553. The number of alkyl carbamates (subject to hydrolysis) is 2. The molecule has 1 aliphatic carbocycles. The molecule has 9 nitrogen and oxygen atoms in total. The lowest BCUT2D eigenvalue weighted by Gasteiger charge is -2.22. The maximum absolute atomic E-state index is 12.5. The molecule has 3 rings (SSSR count). The molecule has 0 spiro atoms. The van der Waals surface area contributed by atoms with E-state index in [1.54, 1.807) is 20.8 Å². The van der Waals surface area contributed by atoms with Crippen LogP contribution in [0.4, 0.5) is 9.59 Å². The van der Waals surface area contributed by atoms with Gasteiger partial charge in [-0.1, -0.05) is 48.5 Å². The van der Waals surface area contributed by atoms with Gasteiger partial charge in [-0.05, 0) is 43.0 Å². The first-order valence-electron chi connectivity index (χ1n) is 10.6. The highest BCUT2D eigenvalue weighted by Gasteiger charge is 2.30. The van der Waals surface area contributed by atoms with E-state index in [1.807, 2.05) is 48.5 Å². The van der Waals surface area contributed by atoms with Gasteiger partial charge in [0.15, 0.2) is 0 Å². The summed E-state index contributed by atoms with van der Waals surface area (Å²) >= 11 is 0. The minimum absolute atomic E-state index is 0.0952. The van der Waals surface area contributed by atoms with Crippen molar-refractivity contribution in [2.45, 2.75) is 38.3 Å². The second kappa shape index (κ2) is 10.4. The second-order valence-corrected chi connectivity index (χ2v) is 8.58. The minimum atomic E-state index is -1.13. The Labute approximate surface area is 192 Å². The molecule has 0 aliphatic heterocycles. The normalized spacial score (nSPS) is 13.3. The number of carbonyl (C=O) groups excluding carboxylic acids is 3. The van der Waals surface area contributed by atoms with Gasteiger partial charge in [0.2, 0.25) is 0 Å². The molecule has 1 aliphatic rings. The zero-order valence-electron chi connectivity index (χ0n) is 19.1. The topological polar surface area (TPSA) is 115 Å². The number of hydrogen-bond donors (Lipinski definition) is 3. The summed E-state index contributed by atoms with van der Waals surface area (Å²) in [5.41, 5.74) is 5.82. The van der Waals surface area contributed by atoms with Crippen molar-refractivity contribution < 1.29 is 28.7 Å². The van der Waals surface area contributed by atoms with E-state index < -0.39 is 29.7 Å². The van der Waals surface area contributed by atoms with Crippen LogP contribution < -0.4 is 16.1 Å². The average molecular weight is 456 g/mol. The van der Waals surface area contributed by atoms with E-state index in [-0.39, 0.29) is 19.1 Å². The summed E-state index contributed by atoms with van der Waals surface area (Å²) in [5, 5.41) is 4.93. The fraction of sp³-hybridized carbons (Fsp3) is 0.375. The van der Waals surface area contributed by atoms with Crippen LogP contribution >= 0.6 is 0 Å². The zero-order chi connectivity index (χ0) is 24.0. The number of amides is 3. The fourth-order valence-corrected chi connectivity index (χ4v) is 3.66. The summed E-state index contributed by atoms with van der Waals surface area (Å²) in [5.74, 6) is -0.767. The molecule has 0 fully saturated rings. The molecule has 2 aromatic carbocycles. The Morgan fingerprint density at radius 1 is 0.939 bits per heavy atom. The van der Waals surface area contributed by atoms with E-state index in [4.69, 9.17) is 9.47 Å². The fourth-order valence-electron chi connectivity index (χ4n) is 3.66. The molecule has 0 bridgehead atoms. The van der Waals surface area contributed by atoms with Gasteiger partial charge in [0.05, 0.1) is 13.7 Å². The van der Waals surface area contributed by atoms with Crippen LogP contribution in [0.3, 0.4) is 0 Å². The van der Waals surface area contributed by atoms with Crippen molar-refractivity contribution >= 4 is 18.1 Å². The Balaban J connectivity index is 1.62. The van der Waals surface area contributed by atoms with Crippen molar-refractivity contribution in [3.8, 4) is 11.1 Å². The molecule has 0 unspecified atom stereocenters. The van der Waals surface area contributed by atoms with E-state index in [1.165, 1.54) is 7.11 Å². The number of benzene rings is 2. The summed E-state index contributed by atoms with van der Waals surface area (Å²) in [6, 6.07) is 14.8. The highest BCUT2D eigenvalue weighted by Crippen LogP contribution is 2.44. The van der Waals surface area contributed by atoms with E-state index >= 15 is 0 Å². The monoisotopic (exact) mass is 455 g/mol. The Hall–Kier alpha value is -3.59. The molecule has 0 aromatic heterocycles. The van der Waals surface area contributed by atoms with Gasteiger partial charge in [-0.15, -0.1) is 0 Å². The SMILES string of the molecule is CONC(=O)[C@H](CNC(=O)OC(C)(C)C)NC(=O)OCC1c2ccccc2-c2ccccc21. The summed E-state index contributed by atoms with van der Waals surface area (Å²) in [6.45, 7) is 5.04. The third-order valence-electron chi connectivity index (χ3n) is 5.00. The third-order valence-corrected chi connectivity index (χ3v) is 5.00. The van der Waals surface area contributed by atoms with E-state index in [9.17, 15) is 14.4 Å². The molecule has 0 radical (unpaired) electrons. The number of hydrogen-bond acceptors (Lipinski definition) is 6. The molecule has 33 heavy (non-hydrogen) atoms. The second-order valence-electron chi connectivity index (χ2n) is 8.58. The summed E-state index contributed by atoms with van der Waals surface area (Å²) in [4.78, 5) is 41.3. The molecule has 176 valence electrons. The van der Waals surface area contributed by atoms with Crippen LogP contribution in [0.2, 0.25) is 0 Å². The average Bonchev–Trinajstić information content (AvgIpc) is 3.08. The van der Waals surface area contributed by atoms with Crippen LogP contribution in [0.5, 0.6) is 0 Å². The van der Waals surface area contributed by atoms with Crippen LogP contribution in [-0.2, 0) is 19.1 Å². The van der Waals surface area contributed by atoms with Gasteiger partial charge in [0, 0.05) is 5.92 Å². The molecular weight excluding hydrogens is 426 g/mol. The van der Waals surface area contributed by atoms with Gasteiger partial charge in [-0.25, -0.2) is 15.1 Å². The van der Waals surface area contributed by atoms with Gasteiger partial charge < -0.3 is 20.1 Å². The number of ether oxygens (including phenoxy) is 2. The smallest absolute Gasteiger partial charge is 0.407 e. The standard InChI is InChI=1S/C24H29N3O6/c1-24(2,3)33-22(29)25-13-20(21(28)27-31-4)26-23(30)32-14-19-17-11-7-5-9-15(17)16-10-6-8-12-18(16)19/h5-12,19-20H,13-14H2,1-4H3,(H,25,29)(H,26,30)(H,27,28)/t20-/m0/s1. The van der Waals surface area contributed by atoms with Crippen molar-refractivity contribution in [3.63, 3.8) is 0 Å². The maximum atomic E-state index is 12.5. The van der Waals surface area contributed by atoms with Crippen molar-refractivity contribution in [2.24, 2.45) is 0 Å². The zero-order valence-corrected chi connectivity index (χ0v) is 19.1. The van der Waals surface area contributed by atoms with Gasteiger partial charge in [0.1, 0.15) is 18.2 Å². The van der Waals surface area contributed by atoms with Crippen molar-refractivity contribution in [2.75, 3.05) is 20.3 Å². The summed E-state index contributed by atoms with van der Waals surface area (Å²) in [6.07, 6.45) is -1.51. The van der Waals surface area contributed by atoms with Crippen molar-refractivity contribution in [1.29, 1.82) is 0 Å². The van der Waals surface area contributed by atoms with Crippen molar-refractivity contribution in [1.82, 2.24) is 16.1 Å². The van der Waals surface area contributed by atoms with Gasteiger partial charge in [-0.2, -0.15) is 0 Å². The lowest BCUT2D eigenvalue weighted by molar-refractivity contribution is -0.133. The highest BCUT2D eigenvalue weighted by molar-refractivity contribution is 5.86. The molecule has 0 saturated heterocycles. The molecule has 0 heterocycles. The number of carbonyl (C=O) groups is 3. The Morgan fingerprint density at radius 3 is 2.06 bits per heavy atom. The van der Waals surface area contributed by atoms with E-state index in [0.717, 1.165) is 22.3 Å². The molecular formula is C24H29N3O6. The minimum Gasteiger partial charge on any atom is -0.449 e. The van der Waals surface area contributed by atoms with Gasteiger partial charge in [0.25, 0.3) is 5.91 Å². The van der Waals surface area contributed by atoms with Crippen LogP contribution in [-0.4, -0.2) is 50.0 Å². The van der Waals surface area contributed by atoms with E-state index in [0.29, 0.717) is 0 Å². The number of hydroxylamine groups is 1. The molecule has 9 heteroatoms. The maximum Gasteiger partial charge on any atom is 0.407 e. The molecule has 0 saturated carbocycles. The highest BCUT2D eigenvalue weighted by atomic mass is 16.6. The molecule has 1 atom stereocenters. The number of rotatable bonds is 7. The van der Waals surface area contributed by atoms with E-state index in [2.05, 4.69) is 21.0 Å². The summed E-state index contributed by atoms with van der Waals surface area (Å²) < 4.78 is 10.6. The van der Waals surface area contributed by atoms with Crippen LogP contribution in [0, 0.1) is 0 Å². The Bertz CT molecular complexity index is 972. The number of nitrogens with one attached hydrogen (secondary N) is 3. The Kier molecular flexibility index (Phi) is 7.55. The van der Waals surface area contributed by atoms with Crippen LogP contribution in [0.15, 0.2) is 48.5 Å².